The Kier molecular flexibility index (Phi) is 8.10. The van der Waals surface area contributed by atoms with Gasteiger partial charge in [-0.15, -0.1) is 0 Å². The van der Waals surface area contributed by atoms with Crippen molar-refractivity contribution in [3.63, 3.8) is 0 Å². The van der Waals surface area contributed by atoms with Crippen LogP contribution in [0.25, 0.3) is 0 Å². The fraction of sp³-hybridized carbons (Fsp3) is 0.300. The van der Waals surface area contributed by atoms with Crippen LogP contribution in [-0.2, 0) is 16.1 Å². The van der Waals surface area contributed by atoms with Crippen molar-refractivity contribution in [3.8, 4) is 5.75 Å². The quantitative estimate of drug-likeness (QED) is 0.688. The van der Waals surface area contributed by atoms with Crippen LogP contribution in [0.2, 0.25) is 5.02 Å². The first kappa shape index (κ1) is 20.7. The molecule has 0 aliphatic heterocycles. The molecule has 2 aromatic carbocycles. The summed E-state index contributed by atoms with van der Waals surface area (Å²) in [5.74, 6) is -0.0822. The van der Waals surface area contributed by atoms with Gasteiger partial charge in [0.25, 0.3) is 5.91 Å². The summed E-state index contributed by atoms with van der Waals surface area (Å²) < 4.78 is 5.53. The molecule has 2 amide bonds. The summed E-state index contributed by atoms with van der Waals surface area (Å²) in [6.45, 7) is 1.66. The molecule has 0 aromatic heterocycles. The summed E-state index contributed by atoms with van der Waals surface area (Å²) >= 11 is 5.91. The maximum absolute atomic E-state index is 12.8. The molecule has 1 atom stereocenters. The molecule has 0 aliphatic rings. The topological polar surface area (TPSA) is 78.9 Å². The fourth-order valence-corrected chi connectivity index (χ4v) is 2.57. The third-order valence-electron chi connectivity index (χ3n) is 3.95. The van der Waals surface area contributed by atoms with E-state index in [-0.39, 0.29) is 38.1 Å². The van der Waals surface area contributed by atoms with E-state index in [9.17, 15) is 9.59 Å². The number of amides is 2. The zero-order valence-corrected chi connectivity index (χ0v) is 15.9. The Balaban J connectivity index is 2.10. The van der Waals surface area contributed by atoms with Gasteiger partial charge in [-0.2, -0.15) is 0 Å². The van der Waals surface area contributed by atoms with Crippen LogP contribution in [0.5, 0.6) is 5.75 Å². The lowest BCUT2D eigenvalue weighted by Crippen LogP contribution is -2.49. The number of aliphatic hydroxyl groups is 1. The maximum Gasteiger partial charge on any atom is 0.261 e. The number of carbonyl (C=O) groups excluding carboxylic acids is 2. The summed E-state index contributed by atoms with van der Waals surface area (Å²) in [6.07, 6.45) is 0. The van der Waals surface area contributed by atoms with Gasteiger partial charge >= 0.3 is 0 Å². The van der Waals surface area contributed by atoms with E-state index in [1.165, 1.54) is 4.90 Å². The lowest BCUT2D eigenvalue weighted by atomic mass is 10.1. The second kappa shape index (κ2) is 10.5. The van der Waals surface area contributed by atoms with Crippen LogP contribution < -0.4 is 10.1 Å². The van der Waals surface area contributed by atoms with Gasteiger partial charge in [-0.05, 0) is 36.8 Å². The van der Waals surface area contributed by atoms with Gasteiger partial charge in [0.15, 0.2) is 6.61 Å². The maximum atomic E-state index is 12.8. The second-order valence-corrected chi connectivity index (χ2v) is 6.38. The van der Waals surface area contributed by atoms with Crippen LogP contribution in [0, 0.1) is 0 Å². The van der Waals surface area contributed by atoms with Gasteiger partial charge in [0.05, 0.1) is 6.61 Å². The zero-order valence-electron chi connectivity index (χ0n) is 15.1. The normalized spacial score (nSPS) is 11.5. The van der Waals surface area contributed by atoms with E-state index in [1.54, 1.807) is 43.3 Å². The largest absolute Gasteiger partial charge is 0.484 e. The molecule has 0 fully saturated rings. The van der Waals surface area contributed by atoms with E-state index in [2.05, 4.69) is 5.32 Å². The van der Waals surface area contributed by atoms with Crippen LogP contribution in [0.3, 0.4) is 0 Å². The van der Waals surface area contributed by atoms with Crippen molar-refractivity contribution < 1.29 is 19.4 Å². The van der Waals surface area contributed by atoms with E-state index in [0.29, 0.717) is 10.8 Å². The smallest absolute Gasteiger partial charge is 0.261 e. The fourth-order valence-electron chi connectivity index (χ4n) is 2.44. The number of hydrogen-bond acceptors (Lipinski definition) is 4. The lowest BCUT2D eigenvalue weighted by Gasteiger charge is -2.28. The van der Waals surface area contributed by atoms with E-state index < -0.39 is 6.04 Å². The molecular formula is C20H23ClN2O4. The highest BCUT2D eigenvalue weighted by atomic mass is 35.5. The van der Waals surface area contributed by atoms with Crippen molar-refractivity contribution in [2.45, 2.75) is 19.5 Å². The van der Waals surface area contributed by atoms with Crippen molar-refractivity contribution in [1.29, 1.82) is 0 Å². The third kappa shape index (κ3) is 6.58. The molecule has 2 N–H and O–H groups in total. The molecule has 144 valence electrons. The van der Waals surface area contributed by atoms with Gasteiger partial charge in [0, 0.05) is 18.1 Å². The van der Waals surface area contributed by atoms with Gasteiger partial charge < -0.3 is 20.1 Å². The molecule has 6 nitrogen and oxygen atoms in total. The first-order valence-corrected chi connectivity index (χ1v) is 8.99. The average Bonchev–Trinajstić information content (AvgIpc) is 2.70. The summed E-state index contributed by atoms with van der Waals surface area (Å²) in [6, 6.07) is 15.4. The van der Waals surface area contributed by atoms with Crippen LogP contribution >= 0.6 is 11.6 Å². The number of nitrogens with one attached hydrogen (secondary N) is 1. The van der Waals surface area contributed by atoms with Crippen LogP contribution in [-0.4, -0.2) is 47.6 Å². The minimum absolute atomic E-state index is 0.132. The molecule has 0 radical (unpaired) electrons. The van der Waals surface area contributed by atoms with Gasteiger partial charge in [-0.25, -0.2) is 0 Å². The molecular weight excluding hydrogens is 368 g/mol. The third-order valence-corrected chi connectivity index (χ3v) is 4.20. The number of nitrogens with zero attached hydrogens (tertiary/aromatic N) is 1. The van der Waals surface area contributed by atoms with E-state index >= 15 is 0 Å². The van der Waals surface area contributed by atoms with Crippen LogP contribution in [0.1, 0.15) is 12.5 Å². The summed E-state index contributed by atoms with van der Waals surface area (Å²) in [7, 11) is 0. The number of rotatable bonds is 9. The van der Waals surface area contributed by atoms with E-state index in [0.717, 1.165) is 5.56 Å². The first-order valence-electron chi connectivity index (χ1n) is 8.61. The van der Waals surface area contributed by atoms with Gasteiger partial charge in [-0.3, -0.25) is 9.59 Å². The van der Waals surface area contributed by atoms with Crippen molar-refractivity contribution in [2.24, 2.45) is 0 Å². The Bertz CT molecular complexity index is 737. The molecule has 0 aliphatic carbocycles. The molecule has 0 heterocycles. The van der Waals surface area contributed by atoms with Crippen molar-refractivity contribution in [3.05, 3.63) is 65.2 Å². The minimum Gasteiger partial charge on any atom is -0.484 e. The number of carbonyl (C=O) groups is 2. The number of hydrogen-bond donors (Lipinski definition) is 2. The Morgan fingerprint density at radius 1 is 1.15 bits per heavy atom. The van der Waals surface area contributed by atoms with Gasteiger partial charge in [0.1, 0.15) is 11.8 Å². The summed E-state index contributed by atoms with van der Waals surface area (Å²) in [4.78, 5) is 26.5. The Labute approximate surface area is 163 Å². The van der Waals surface area contributed by atoms with Gasteiger partial charge in [-0.1, -0.05) is 41.9 Å². The lowest BCUT2D eigenvalue weighted by molar-refractivity contribution is -0.142. The number of ether oxygens (including phenoxy) is 1. The average molecular weight is 391 g/mol. The van der Waals surface area contributed by atoms with E-state index in [4.69, 9.17) is 21.4 Å². The number of aliphatic hydroxyl groups excluding tert-OH is 1. The monoisotopic (exact) mass is 390 g/mol. The number of halogens is 1. The predicted molar refractivity (Wildman–Crippen MR) is 103 cm³/mol. The highest BCUT2D eigenvalue weighted by Gasteiger charge is 2.26. The predicted octanol–water partition coefficient (Wildman–Crippen LogP) is 2.24. The van der Waals surface area contributed by atoms with E-state index in [1.807, 2.05) is 18.2 Å². The van der Waals surface area contributed by atoms with Crippen LogP contribution in [0.4, 0.5) is 0 Å². The second-order valence-electron chi connectivity index (χ2n) is 5.94. The molecule has 0 saturated heterocycles. The SMILES string of the molecule is C[C@H](C(=O)NCCO)N(Cc1ccc(Cl)cc1)C(=O)COc1ccccc1. The van der Waals surface area contributed by atoms with Crippen LogP contribution in [0.15, 0.2) is 54.6 Å². The Morgan fingerprint density at radius 2 is 1.81 bits per heavy atom. The molecule has 2 rings (SSSR count). The molecule has 0 saturated carbocycles. The van der Waals surface area contributed by atoms with Crippen molar-refractivity contribution >= 4 is 23.4 Å². The van der Waals surface area contributed by atoms with Gasteiger partial charge in [0.2, 0.25) is 5.91 Å². The number of benzene rings is 2. The standard InChI is InChI=1S/C20H23ClN2O4/c1-15(20(26)22-11-12-24)23(13-16-7-9-17(21)10-8-16)19(25)14-27-18-5-3-2-4-6-18/h2-10,15,24H,11-14H2,1H3,(H,22,26)/t15-/m1/s1. The molecule has 7 heteroatoms. The minimum atomic E-state index is -0.723. The first-order chi connectivity index (χ1) is 13.0. The van der Waals surface area contributed by atoms with Crippen molar-refractivity contribution in [1.82, 2.24) is 10.2 Å². The Morgan fingerprint density at radius 3 is 2.44 bits per heavy atom. The molecule has 0 unspecified atom stereocenters. The highest BCUT2D eigenvalue weighted by molar-refractivity contribution is 6.30. The molecule has 2 aromatic rings. The molecule has 0 bridgehead atoms. The Hall–Kier alpha value is -2.57. The van der Waals surface area contributed by atoms with Crippen molar-refractivity contribution in [2.75, 3.05) is 19.8 Å². The molecule has 0 spiro atoms. The highest BCUT2D eigenvalue weighted by Crippen LogP contribution is 2.15. The summed E-state index contributed by atoms with van der Waals surface area (Å²) in [5.41, 5.74) is 0.842. The number of para-hydroxylation sites is 1. The molecule has 27 heavy (non-hydrogen) atoms. The zero-order chi connectivity index (χ0) is 19.6. The summed E-state index contributed by atoms with van der Waals surface area (Å²) in [5, 5.41) is 12.1.